The minimum atomic E-state index is -0.799. The second-order valence-corrected chi connectivity index (χ2v) is 10.1. The van der Waals surface area contributed by atoms with Gasteiger partial charge in [-0.15, -0.1) is 0 Å². The molecule has 0 bridgehead atoms. The Morgan fingerprint density at radius 1 is 1.19 bits per heavy atom. The predicted octanol–water partition coefficient (Wildman–Crippen LogP) is 3.37. The van der Waals surface area contributed by atoms with Gasteiger partial charge < -0.3 is 16.4 Å². The van der Waals surface area contributed by atoms with Crippen LogP contribution < -0.4 is 16.4 Å². The van der Waals surface area contributed by atoms with Crippen molar-refractivity contribution in [1.82, 2.24) is 15.5 Å². The van der Waals surface area contributed by atoms with Crippen LogP contribution in [0.2, 0.25) is 0 Å². The van der Waals surface area contributed by atoms with E-state index in [9.17, 15) is 14.9 Å². The zero-order valence-electron chi connectivity index (χ0n) is 21.2. The normalized spacial score (nSPS) is 17.5. The molecule has 1 aliphatic heterocycles. The second kappa shape index (κ2) is 11.4. The highest BCUT2D eigenvalue weighted by molar-refractivity contribution is 6.22. The number of carbonyl (C=O) groups is 2. The Balaban J connectivity index is 1.38. The van der Waals surface area contributed by atoms with Crippen LogP contribution in [-0.4, -0.2) is 41.2 Å². The smallest absolute Gasteiger partial charge is 0.253 e. The van der Waals surface area contributed by atoms with E-state index in [-0.39, 0.29) is 29.7 Å². The molecule has 5 N–H and O–H groups in total. The highest BCUT2D eigenvalue weighted by Crippen LogP contribution is 2.30. The van der Waals surface area contributed by atoms with E-state index < -0.39 is 11.4 Å². The number of hydrogen-bond donors (Lipinski definition) is 4. The molecule has 0 spiro atoms. The van der Waals surface area contributed by atoms with Crippen molar-refractivity contribution in [2.75, 3.05) is 13.1 Å². The number of hydrogen-bond acceptors (Lipinski definition) is 6. The molecule has 0 aromatic heterocycles. The number of benzene rings is 2. The molecular weight excluding hydrogens is 464 g/mol. The number of nitrogens with two attached hydrogens (primary N) is 1. The number of nitriles is 1. The van der Waals surface area contributed by atoms with Crippen molar-refractivity contribution in [2.24, 2.45) is 11.7 Å². The van der Waals surface area contributed by atoms with E-state index in [0.29, 0.717) is 12.8 Å². The summed E-state index contributed by atoms with van der Waals surface area (Å²) in [4.78, 5) is 26.4. The number of piperidine rings is 1. The van der Waals surface area contributed by atoms with Gasteiger partial charge in [0.1, 0.15) is 5.84 Å². The number of amidine groups is 1. The molecule has 2 amide bonds. The summed E-state index contributed by atoms with van der Waals surface area (Å²) in [6.07, 6.45) is 4.65. The third kappa shape index (κ3) is 6.63. The van der Waals surface area contributed by atoms with Gasteiger partial charge in [-0.05, 0) is 54.9 Å². The van der Waals surface area contributed by atoms with Gasteiger partial charge in [-0.25, -0.2) is 0 Å². The Morgan fingerprint density at radius 2 is 1.89 bits per heavy atom. The highest BCUT2D eigenvalue weighted by Gasteiger charge is 2.35. The summed E-state index contributed by atoms with van der Waals surface area (Å²) < 4.78 is 0. The second-order valence-electron chi connectivity index (χ2n) is 10.1. The molecule has 192 valence electrons. The van der Waals surface area contributed by atoms with Crippen molar-refractivity contribution in [3.05, 3.63) is 71.4 Å². The highest BCUT2D eigenvalue weighted by atomic mass is 16.2. The molecule has 8 nitrogen and oxygen atoms in total. The van der Waals surface area contributed by atoms with E-state index >= 15 is 0 Å². The molecule has 2 aromatic rings. The Bertz CT molecular complexity index is 1230. The lowest BCUT2D eigenvalue weighted by atomic mass is 9.84. The van der Waals surface area contributed by atoms with Gasteiger partial charge in [0.25, 0.3) is 5.91 Å². The number of primary amides is 1. The summed E-state index contributed by atoms with van der Waals surface area (Å²) in [5.74, 6) is -1.46. The zero-order chi connectivity index (χ0) is 26.4. The van der Waals surface area contributed by atoms with Gasteiger partial charge in [0.15, 0.2) is 0 Å². The van der Waals surface area contributed by atoms with Gasteiger partial charge in [-0.1, -0.05) is 48.5 Å². The van der Waals surface area contributed by atoms with Gasteiger partial charge in [0.2, 0.25) is 5.91 Å². The lowest BCUT2D eigenvalue weighted by Gasteiger charge is -2.41. The fraction of sp³-hybridized carbons (Fsp3) is 0.379. The van der Waals surface area contributed by atoms with Crippen molar-refractivity contribution in [3.63, 3.8) is 0 Å². The Hall–Kier alpha value is -3.96. The van der Waals surface area contributed by atoms with Crippen LogP contribution in [0, 0.1) is 29.6 Å². The number of amides is 2. The minimum absolute atomic E-state index is 0.0879. The average molecular weight is 499 g/mol. The topological polar surface area (TPSA) is 135 Å². The molecule has 4 rings (SSSR count). The first-order valence-electron chi connectivity index (χ1n) is 12.7. The summed E-state index contributed by atoms with van der Waals surface area (Å²) >= 11 is 0. The maximum absolute atomic E-state index is 12.0. The van der Waals surface area contributed by atoms with E-state index in [2.05, 4.69) is 58.9 Å². The van der Waals surface area contributed by atoms with Gasteiger partial charge in [0, 0.05) is 31.8 Å². The van der Waals surface area contributed by atoms with Crippen LogP contribution in [0.3, 0.4) is 0 Å². The number of aryl methyl sites for hydroxylation is 1. The molecule has 1 heterocycles. The van der Waals surface area contributed by atoms with Crippen LogP contribution in [0.25, 0.3) is 11.1 Å². The standard InChI is InChI=1S/C29H34N6O2/c1-20-17-21(7-10-24(20)22-5-3-2-4-6-22)19-35-15-12-29(11-14-30,13-16-35)33-18-25(27(32)36)26(31)34-28(37)23-8-9-23/h2-7,10,17-18,23,33H,8-9,11-13,15-16,19H2,1H3,(H2,32,36)(H2,31,34,37)/b25-18+. The third-order valence-corrected chi connectivity index (χ3v) is 7.27. The number of nitrogens with zero attached hydrogens (tertiary/aromatic N) is 2. The Morgan fingerprint density at radius 3 is 2.49 bits per heavy atom. The van der Waals surface area contributed by atoms with Crippen molar-refractivity contribution in [3.8, 4) is 17.2 Å². The van der Waals surface area contributed by atoms with E-state index in [1.54, 1.807) is 0 Å². The number of rotatable bonds is 9. The van der Waals surface area contributed by atoms with Crippen molar-refractivity contribution in [1.29, 1.82) is 10.7 Å². The molecule has 0 atom stereocenters. The first-order valence-corrected chi connectivity index (χ1v) is 12.7. The van der Waals surface area contributed by atoms with Gasteiger partial charge in [0.05, 0.1) is 23.6 Å². The van der Waals surface area contributed by atoms with Crippen LogP contribution in [0.1, 0.15) is 43.2 Å². The SMILES string of the molecule is Cc1cc(CN2CCC(CC#N)(N/C=C(\C(=N)NC(=O)C3CC3)C(N)=O)CC2)ccc1-c1ccccc1. The number of nitrogens with one attached hydrogen (secondary N) is 3. The largest absolute Gasteiger partial charge is 0.384 e. The summed E-state index contributed by atoms with van der Waals surface area (Å²) in [5, 5.41) is 23.3. The Kier molecular flexibility index (Phi) is 8.04. The molecule has 2 fully saturated rings. The fourth-order valence-corrected chi connectivity index (χ4v) is 4.82. The first kappa shape index (κ1) is 26.1. The van der Waals surface area contributed by atoms with E-state index in [4.69, 9.17) is 11.1 Å². The fourth-order valence-electron chi connectivity index (χ4n) is 4.82. The molecule has 0 unspecified atom stereocenters. The van der Waals surface area contributed by atoms with E-state index in [0.717, 1.165) is 32.5 Å². The first-order chi connectivity index (χ1) is 17.8. The monoisotopic (exact) mass is 498 g/mol. The van der Waals surface area contributed by atoms with Gasteiger partial charge >= 0.3 is 0 Å². The maximum atomic E-state index is 12.0. The van der Waals surface area contributed by atoms with Crippen LogP contribution in [0.15, 0.2) is 60.3 Å². The van der Waals surface area contributed by atoms with Crippen molar-refractivity contribution in [2.45, 2.75) is 51.1 Å². The molecule has 0 radical (unpaired) electrons. The average Bonchev–Trinajstić information content (AvgIpc) is 3.72. The maximum Gasteiger partial charge on any atom is 0.253 e. The quantitative estimate of drug-likeness (QED) is 0.239. The molecule has 2 aromatic carbocycles. The third-order valence-electron chi connectivity index (χ3n) is 7.27. The van der Waals surface area contributed by atoms with Gasteiger partial charge in [-0.2, -0.15) is 5.26 Å². The molecule has 1 saturated heterocycles. The predicted molar refractivity (Wildman–Crippen MR) is 143 cm³/mol. The minimum Gasteiger partial charge on any atom is -0.384 e. The summed E-state index contributed by atoms with van der Waals surface area (Å²) in [5.41, 5.74) is 9.79. The van der Waals surface area contributed by atoms with E-state index in [1.807, 2.05) is 18.2 Å². The summed E-state index contributed by atoms with van der Waals surface area (Å²) in [6, 6.07) is 19.2. The molecule has 1 aliphatic carbocycles. The summed E-state index contributed by atoms with van der Waals surface area (Å²) in [7, 11) is 0. The van der Waals surface area contributed by atoms with Crippen molar-refractivity contribution >= 4 is 17.6 Å². The zero-order valence-corrected chi connectivity index (χ0v) is 21.2. The molecule has 8 heteroatoms. The molecular formula is C29H34N6O2. The van der Waals surface area contributed by atoms with Crippen LogP contribution in [0.5, 0.6) is 0 Å². The van der Waals surface area contributed by atoms with Crippen molar-refractivity contribution < 1.29 is 9.59 Å². The lowest BCUT2D eigenvalue weighted by Crippen LogP contribution is -2.51. The summed E-state index contributed by atoms with van der Waals surface area (Å²) in [6.45, 7) is 4.52. The number of carbonyl (C=O) groups excluding carboxylic acids is 2. The van der Waals surface area contributed by atoms with Gasteiger partial charge in [-0.3, -0.25) is 19.9 Å². The molecule has 2 aliphatic rings. The molecule has 37 heavy (non-hydrogen) atoms. The van der Waals surface area contributed by atoms with Crippen LogP contribution >= 0.6 is 0 Å². The Labute approximate surface area is 218 Å². The van der Waals surface area contributed by atoms with Crippen LogP contribution in [-0.2, 0) is 16.1 Å². The number of likely N-dealkylation sites (tertiary alicyclic amines) is 1. The van der Waals surface area contributed by atoms with E-state index in [1.165, 1.54) is 28.5 Å². The van der Waals surface area contributed by atoms with Crippen LogP contribution in [0.4, 0.5) is 0 Å². The lowest BCUT2D eigenvalue weighted by molar-refractivity contribution is -0.120. The molecule has 1 saturated carbocycles.